The van der Waals surface area contributed by atoms with Gasteiger partial charge < -0.3 is 9.80 Å². The van der Waals surface area contributed by atoms with Crippen LogP contribution in [0.25, 0.3) is 0 Å². The first kappa shape index (κ1) is 14.5. The SMILES string of the molecule is CC(C)N1CCCc2c(C#CC3CCN(C)C3)cccc21. The maximum atomic E-state index is 3.51. The first-order valence-electron chi connectivity index (χ1n) is 8.24. The van der Waals surface area contributed by atoms with Crippen LogP contribution in [0.5, 0.6) is 0 Å². The topological polar surface area (TPSA) is 6.48 Å². The van der Waals surface area contributed by atoms with Crippen LogP contribution in [-0.4, -0.2) is 37.6 Å². The number of hydrogen-bond donors (Lipinski definition) is 0. The third-order valence-corrected chi connectivity index (χ3v) is 4.71. The van der Waals surface area contributed by atoms with Crippen molar-refractivity contribution in [3.8, 4) is 11.8 Å². The van der Waals surface area contributed by atoms with Crippen molar-refractivity contribution < 1.29 is 0 Å². The molecule has 2 heterocycles. The third-order valence-electron chi connectivity index (χ3n) is 4.71. The van der Waals surface area contributed by atoms with Crippen LogP contribution in [0.3, 0.4) is 0 Å². The zero-order chi connectivity index (χ0) is 14.8. The maximum Gasteiger partial charge on any atom is 0.0413 e. The summed E-state index contributed by atoms with van der Waals surface area (Å²) in [6, 6.07) is 7.21. The van der Waals surface area contributed by atoms with E-state index in [0.29, 0.717) is 12.0 Å². The Labute approximate surface area is 129 Å². The summed E-state index contributed by atoms with van der Waals surface area (Å²) in [6.07, 6.45) is 3.64. The van der Waals surface area contributed by atoms with Crippen molar-refractivity contribution in [3.05, 3.63) is 29.3 Å². The van der Waals surface area contributed by atoms with Gasteiger partial charge in [0.25, 0.3) is 0 Å². The van der Waals surface area contributed by atoms with Crippen LogP contribution in [0.2, 0.25) is 0 Å². The Morgan fingerprint density at radius 1 is 1.24 bits per heavy atom. The van der Waals surface area contributed by atoms with E-state index in [1.165, 1.54) is 49.2 Å². The second-order valence-electron chi connectivity index (χ2n) is 6.71. The van der Waals surface area contributed by atoms with E-state index in [1.807, 2.05) is 0 Å². The highest BCUT2D eigenvalue weighted by atomic mass is 15.2. The molecule has 0 aliphatic carbocycles. The lowest BCUT2D eigenvalue weighted by atomic mass is 9.95. The highest BCUT2D eigenvalue weighted by Crippen LogP contribution is 2.31. The van der Waals surface area contributed by atoms with Crippen LogP contribution in [-0.2, 0) is 6.42 Å². The van der Waals surface area contributed by atoms with Crippen LogP contribution in [0.1, 0.15) is 37.8 Å². The molecule has 0 radical (unpaired) electrons. The molecule has 2 aliphatic rings. The molecule has 1 fully saturated rings. The van der Waals surface area contributed by atoms with Gasteiger partial charge in [0.1, 0.15) is 0 Å². The lowest BCUT2D eigenvalue weighted by Crippen LogP contribution is -2.35. The van der Waals surface area contributed by atoms with Crippen molar-refractivity contribution in [3.63, 3.8) is 0 Å². The van der Waals surface area contributed by atoms with Crippen LogP contribution in [0.15, 0.2) is 18.2 Å². The summed E-state index contributed by atoms with van der Waals surface area (Å²) >= 11 is 0. The molecule has 2 heteroatoms. The van der Waals surface area contributed by atoms with Gasteiger partial charge in [-0.3, -0.25) is 0 Å². The molecule has 2 aliphatic heterocycles. The van der Waals surface area contributed by atoms with Gasteiger partial charge in [-0.15, -0.1) is 0 Å². The second kappa shape index (κ2) is 6.12. The molecule has 0 saturated carbocycles. The molecule has 3 rings (SSSR count). The van der Waals surface area contributed by atoms with Gasteiger partial charge in [-0.2, -0.15) is 0 Å². The van der Waals surface area contributed by atoms with E-state index < -0.39 is 0 Å². The number of anilines is 1. The highest BCUT2D eigenvalue weighted by molar-refractivity contribution is 5.62. The molecule has 0 aromatic heterocycles. The van der Waals surface area contributed by atoms with Crippen molar-refractivity contribution >= 4 is 5.69 Å². The molecule has 112 valence electrons. The summed E-state index contributed by atoms with van der Waals surface area (Å²) in [5.74, 6) is 7.56. The standard InChI is InChI=1S/C19H26N2/c1-15(2)21-12-5-7-18-17(6-4-8-19(18)21)10-9-16-11-13-20(3)14-16/h4,6,8,15-16H,5,7,11-14H2,1-3H3. The van der Waals surface area contributed by atoms with E-state index in [9.17, 15) is 0 Å². The van der Waals surface area contributed by atoms with Gasteiger partial charge in [-0.05, 0) is 64.4 Å². The summed E-state index contributed by atoms with van der Waals surface area (Å²) in [6.45, 7) is 8.05. The third kappa shape index (κ3) is 3.09. The Morgan fingerprint density at radius 2 is 2.10 bits per heavy atom. The molecule has 1 unspecified atom stereocenters. The second-order valence-corrected chi connectivity index (χ2v) is 6.71. The molecule has 0 bridgehead atoms. The first-order valence-corrected chi connectivity index (χ1v) is 8.24. The van der Waals surface area contributed by atoms with E-state index in [4.69, 9.17) is 0 Å². The smallest absolute Gasteiger partial charge is 0.0413 e. The van der Waals surface area contributed by atoms with E-state index in [1.54, 1.807) is 0 Å². The quantitative estimate of drug-likeness (QED) is 0.730. The first-order chi connectivity index (χ1) is 10.1. The van der Waals surface area contributed by atoms with Crippen LogP contribution < -0.4 is 4.90 Å². The lowest BCUT2D eigenvalue weighted by molar-refractivity contribution is 0.409. The predicted octanol–water partition coefficient (Wildman–Crippen LogP) is 3.15. The van der Waals surface area contributed by atoms with E-state index in [2.05, 4.69) is 60.7 Å². The molecule has 0 spiro atoms. The minimum Gasteiger partial charge on any atom is -0.369 e. The Morgan fingerprint density at radius 3 is 2.81 bits per heavy atom. The lowest BCUT2D eigenvalue weighted by Gasteiger charge is -2.35. The molecule has 1 aromatic carbocycles. The van der Waals surface area contributed by atoms with Crippen LogP contribution >= 0.6 is 0 Å². The fourth-order valence-corrected chi connectivity index (χ4v) is 3.54. The van der Waals surface area contributed by atoms with Crippen LogP contribution in [0, 0.1) is 17.8 Å². The van der Waals surface area contributed by atoms with Gasteiger partial charge in [0.2, 0.25) is 0 Å². The van der Waals surface area contributed by atoms with E-state index in [-0.39, 0.29) is 0 Å². The van der Waals surface area contributed by atoms with E-state index >= 15 is 0 Å². The summed E-state index contributed by atoms with van der Waals surface area (Å²) in [4.78, 5) is 4.90. The number of rotatable bonds is 1. The molecule has 1 saturated heterocycles. The minimum absolute atomic E-state index is 0.552. The maximum absolute atomic E-state index is 3.51. The molecular formula is C19H26N2. The Bertz CT molecular complexity index is 565. The van der Waals surface area contributed by atoms with Crippen molar-refractivity contribution in [2.75, 3.05) is 31.6 Å². The Balaban J connectivity index is 1.87. The average Bonchev–Trinajstić information content (AvgIpc) is 2.90. The molecular weight excluding hydrogens is 256 g/mol. The largest absolute Gasteiger partial charge is 0.369 e. The molecule has 0 amide bonds. The fourth-order valence-electron chi connectivity index (χ4n) is 3.54. The van der Waals surface area contributed by atoms with Gasteiger partial charge >= 0.3 is 0 Å². The Kier molecular flexibility index (Phi) is 4.22. The van der Waals surface area contributed by atoms with Crippen molar-refractivity contribution in [1.29, 1.82) is 0 Å². The zero-order valence-electron chi connectivity index (χ0n) is 13.5. The molecule has 1 atom stereocenters. The van der Waals surface area contributed by atoms with Crippen molar-refractivity contribution in [1.82, 2.24) is 4.90 Å². The zero-order valence-corrected chi connectivity index (χ0v) is 13.5. The van der Waals surface area contributed by atoms with Crippen LogP contribution in [0.4, 0.5) is 5.69 Å². The number of nitrogens with zero attached hydrogens (tertiary/aromatic N) is 2. The number of benzene rings is 1. The van der Waals surface area contributed by atoms with Gasteiger partial charge in [-0.25, -0.2) is 0 Å². The van der Waals surface area contributed by atoms with Gasteiger partial charge in [0.15, 0.2) is 0 Å². The summed E-state index contributed by atoms with van der Waals surface area (Å²) in [5, 5.41) is 0. The van der Waals surface area contributed by atoms with Gasteiger partial charge in [-0.1, -0.05) is 17.9 Å². The molecule has 2 nitrogen and oxygen atoms in total. The number of fused-ring (bicyclic) bond motifs is 1. The number of likely N-dealkylation sites (tertiary alicyclic amines) is 1. The molecule has 1 aromatic rings. The summed E-state index contributed by atoms with van der Waals surface area (Å²) in [5.41, 5.74) is 4.13. The Hall–Kier alpha value is -1.46. The van der Waals surface area contributed by atoms with E-state index in [0.717, 1.165) is 6.54 Å². The normalized spacial score (nSPS) is 22.1. The highest BCUT2D eigenvalue weighted by Gasteiger charge is 2.21. The van der Waals surface area contributed by atoms with Gasteiger partial charge in [0.05, 0.1) is 0 Å². The summed E-state index contributed by atoms with van der Waals surface area (Å²) in [7, 11) is 2.19. The summed E-state index contributed by atoms with van der Waals surface area (Å²) < 4.78 is 0. The predicted molar refractivity (Wildman–Crippen MR) is 89.7 cm³/mol. The van der Waals surface area contributed by atoms with Crippen molar-refractivity contribution in [2.24, 2.45) is 5.92 Å². The minimum atomic E-state index is 0.552. The van der Waals surface area contributed by atoms with Crippen molar-refractivity contribution in [2.45, 2.75) is 39.2 Å². The number of hydrogen-bond acceptors (Lipinski definition) is 2. The molecule has 0 N–H and O–H groups in total. The fraction of sp³-hybridized carbons (Fsp3) is 0.579. The average molecular weight is 282 g/mol. The molecule has 21 heavy (non-hydrogen) atoms. The monoisotopic (exact) mass is 282 g/mol. The van der Waals surface area contributed by atoms with Gasteiger partial charge in [0, 0.05) is 36.3 Å².